The molecular weight excluding hydrogens is 353 g/mol. The van der Waals surface area contributed by atoms with Crippen molar-refractivity contribution in [3.63, 3.8) is 0 Å². The molecule has 1 aliphatic rings. The van der Waals surface area contributed by atoms with Crippen molar-refractivity contribution in [3.8, 4) is 0 Å². The predicted molar refractivity (Wildman–Crippen MR) is 90.6 cm³/mol. The number of rotatable bonds is 3. The van der Waals surface area contributed by atoms with Gasteiger partial charge in [-0.1, -0.05) is 18.2 Å². The summed E-state index contributed by atoms with van der Waals surface area (Å²) >= 11 is 0. The van der Waals surface area contributed by atoms with Crippen LogP contribution >= 0.6 is 0 Å². The Kier molecular flexibility index (Phi) is 4.40. The largest absolute Gasteiger partial charge is 0.416 e. The van der Waals surface area contributed by atoms with E-state index in [1.807, 2.05) is 6.07 Å². The van der Waals surface area contributed by atoms with Gasteiger partial charge in [-0.3, -0.25) is 4.31 Å². The van der Waals surface area contributed by atoms with Crippen molar-refractivity contribution in [2.45, 2.75) is 24.8 Å². The highest BCUT2D eigenvalue weighted by atomic mass is 32.2. The molecule has 1 aliphatic heterocycles. The second-order valence-corrected chi connectivity index (χ2v) is 7.91. The highest BCUT2D eigenvalue weighted by Gasteiger charge is 2.31. The molecule has 134 valence electrons. The van der Waals surface area contributed by atoms with E-state index in [9.17, 15) is 21.6 Å². The van der Waals surface area contributed by atoms with Gasteiger partial charge in [0.15, 0.2) is 0 Å². The minimum atomic E-state index is -4.44. The molecule has 2 aromatic carbocycles. The Balaban J connectivity index is 1.87. The lowest BCUT2D eigenvalue weighted by molar-refractivity contribution is -0.137. The molecule has 0 saturated carbocycles. The van der Waals surface area contributed by atoms with Gasteiger partial charge in [0.2, 0.25) is 10.0 Å². The smallest absolute Gasteiger partial charge is 0.399 e. The quantitative estimate of drug-likeness (QED) is 0.840. The zero-order valence-electron chi connectivity index (χ0n) is 13.3. The molecule has 0 atom stereocenters. The van der Waals surface area contributed by atoms with Gasteiger partial charge in [0.05, 0.1) is 17.0 Å². The molecule has 25 heavy (non-hydrogen) atoms. The van der Waals surface area contributed by atoms with E-state index in [0.717, 1.165) is 24.1 Å². The number of nitrogens with two attached hydrogens (primary N) is 1. The number of anilines is 2. The predicted octanol–water partition coefficient (Wildman–Crippen LogP) is 3.57. The van der Waals surface area contributed by atoms with Crippen molar-refractivity contribution in [1.82, 2.24) is 0 Å². The summed E-state index contributed by atoms with van der Waals surface area (Å²) in [5.74, 6) is -0.362. The first-order valence-electron chi connectivity index (χ1n) is 7.72. The fourth-order valence-corrected chi connectivity index (χ4v) is 4.57. The Labute approximate surface area is 144 Å². The van der Waals surface area contributed by atoms with Crippen LogP contribution in [0.3, 0.4) is 0 Å². The van der Waals surface area contributed by atoms with Gasteiger partial charge in [-0.2, -0.15) is 13.2 Å². The number of benzene rings is 2. The van der Waals surface area contributed by atoms with E-state index < -0.39 is 21.8 Å². The third kappa shape index (κ3) is 3.73. The van der Waals surface area contributed by atoms with Crippen LogP contribution in [-0.4, -0.2) is 15.0 Å². The number of alkyl halides is 3. The van der Waals surface area contributed by atoms with Gasteiger partial charge >= 0.3 is 6.18 Å². The summed E-state index contributed by atoms with van der Waals surface area (Å²) in [5, 5.41) is 0. The second-order valence-electron chi connectivity index (χ2n) is 6.01. The molecule has 0 amide bonds. The minimum absolute atomic E-state index is 0.309. The monoisotopic (exact) mass is 370 g/mol. The van der Waals surface area contributed by atoms with E-state index in [0.29, 0.717) is 29.9 Å². The fraction of sp³-hybridized carbons (Fsp3) is 0.294. The van der Waals surface area contributed by atoms with Crippen molar-refractivity contribution >= 4 is 21.4 Å². The van der Waals surface area contributed by atoms with Crippen molar-refractivity contribution in [1.29, 1.82) is 0 Å². The topological polar surface area (TPSA) is 63.4 Å². The van der Waals surface area contributed by atoms with Crippen LogP contribution in [0.1, 0.15) is 23.1 Å². The number of sulfonamides is 1. The molecule has 0 aromatic heterocycles. The molecule has 0 fully saturated rings. The van der Waals surface area contributed by atoms with Crippen LogP contribution in [0.5, 0.6) is 0 Å². The molecule has 2 aromatic rings. The number of hydrogen-bond donors (Lipinski definition) is 1. The molecule has 0 radical (unpaired) electrons. The van der Waals surface area contributed by atoms with Gasteiger partial charge in [-0.05, 0) is 48.2 Å². The molecule has 3 rings (SSSR count). The summed E-state index contributed by atoms with van der Waals surface area (Å²) in [6, 6.07) is 9.35. The maximum Gasteiger partial charge on any atom is 0.416 e. The number of nitrogen functional groups attached to an aromatic ring is 1. The Morgan fingerprint density at radius 2 is 1.76 bits per heavy atom. The van der Waals surface area contributed by atoms with Gasteiger partial charge < -0.3 is 5.73 Å². The minimum Gasteiger partial charge on any atom is -0.399 e. The highest BCUT2D eigenvalue weighted by Crippen LogP contribution is 2.33. The normalized spacial score (nSPS) is 15.1. The molecule has 2 N–H and O–H groups in total. The van der Waals surface area contributed by atoms with Crippen molar-refractivity contribution in [3.05, 3.63) is 59.2 Å². The van der Waals surface area contributed by atoms with Crippen molar-refractivity contribution in [2.24, 2.45) is 0 Å². The van der Waals surface area contributed by atoms with Crippen LogP contribution in [0, 0.1) is 0 Å². The standard InChI is InChI=1S/C17H17F3N2O2S/c18-17(19,20)14-6-3-12(4-7-14)11-25(23,24)22-9-1-2-13-5-8-15(21)10-16(13)22/h3-8,10H,1-2,9,11,21H2. The summed E-state index contributed by atoms with van der Waals surface area (Å²) in [6.45, 7) is 0.333. The SMILES string of the molecule is Nc1ccc2c(c1)N(S(=O)(=O)Cc1ccc(C(F)(F)F)cc1)CCC2. The van der Waals surface area contributed by atoms with Gasteiger partial charge in [-0.25, -0.2) is 8.42 Å². The molecule has 0 saturated heterocycles. The summed E-state index contributed by atoms with van der Waals surface area (Å²) in [7, 11) is -3.72. The summed E-state index contributed by atoms with van der Waals surface area (Å²) in [4.78, 5) is 0. The van der Waals surface area contributed by atoms with Crippen LogP contribution in [0.15, 0.2) is 42.5 Å². The first kappa shape index (κ1) is 17.6. The summed E-state index contributed by atoms with van der Waals surface area (Å²) in [5.41, 5.74) is 7.20. The third-order valence-corrected chi connectivity index (χ3v) is 5.90. The van der Waals surface area contributed by atoms with E-state index in [2.05, 4.69) is 0 Å². The van der Waals surface area contributed by atoms with Crippen molar-refractivity contribution in [2.75, 3.05) is 16.6 Å². The molecule has 0 unspecified atom stereocenters. The number of hydrogen-bond acceptors (Lipinski definition) is 3. The lowest BCUT2D eigenvalue weighted by atomic mass is 10.0. The number of halogens is 3. The molecule has 0 spiro atoms. The van der Waals surface area contributed by atoms with E-state index in [1.54, 1.807) is 12.1 Å². The molecule has 4 nitrogen and oxygen atoms in total. The highest BCUT2D eigenvalue weighted by molar-refractivity contribution is 7.92. The van der Waals surface area contributed by atoms with E-state index in [1.165, 1.54) is 16.4 Å². The molecule has 0 aliphatic carbocycles. The summed E-state index contributed by atoms with van der Waals surface area (Å²) in [6.07, 6.45) is -2.99. The Bertz CT molecular complexity index is 878. The number of fused-ring (bicyclic) bond motifs is 1. The van der Waals surface area contributed by atoms with Gasteiger partial charge in [0, 0.05) is 12.2 Å². The lowest BCUT2D eigenvalue weighted by Crippen LogP contribution is -2.36. The third-order valence-electron chi connectivity index (χ3n) is 4.15. The maximum absolute atomic E-state index is 12.8. The van der Waals surface area contributed by atoms with Crippen molar-refractivity contribution < 1.29 is 21.6 Å². The zero-order valence-corrected chi connectivity index (χ0v) is 14.1. The van der Waals surface area contributed by atoms with Crippen LogP contribution in [0.25, 0.3) is 0 Å². The fourth-order valence-electron chi connectivity index (χ4n) is 2.93. The lowest BCUT2D eigenvalue weighted by Gasteiger charge is -2.30. The van der Waals surface area contributed by atoms with E-state index >= 15 is 0 Å². The first-order chi connectivity index (χ1) is 11.7. The molecule has 0 bridgehead atoms. The van der Waals surface area contributed by atoms with E-state index in [4.69, 9.17) is 5.73 Å². The molecule has 1 heterocycles. The van der Waals surface area contributed by atoms with Crippen LogP contribution in [-0.2, 0) is 28.4 Å². The van der Waals surface area contributed by atoms with Crippen LogP contribution in [0.4, 0.5) is 24.5 Å². The second kappa shape index (κ2) is 6.25. The van der Waals surface area contributed by atoms with Gasteiger partial charge in [0.25, 0.3) is 0 Å². The average molecular weight is 370 g/mol. The zero-order chi connectivity index (χ0) is 18.2. The van der Waals surface area contributed by atoms with Crippen LogP contribution < -0.4 is 10.0 Å². The maximum atomic E-state index is 12.8. The summed E-state index contributed by atoms with van der Waals surface area (Å²) < 4.78 is 64.7. The molecule has 8 heteroatoms. The van der Waals surface area contributed by atoms with Gasteiger partial charge in [0.1, 0.15) is 0 Å². The van der Waals surface area contributed by atoms with E-state index in [-0.39, 0.29) is 5.75 Å². The Hall–Kier alpha value is -2.22. The average Bonchev–Trinajstić information content (AvgIpc) is 2.53. The number of nitrogens with zero attached hydrogens (tertiary/aromatic N) is 1. The molecular formula is C17H17F3N2O2S. The Morgan fingerprint density at radius 1 is 1.08 bits per heavy atom. The Morgan fingerprint density at radius 3 is 2.40 bits per heavy atom. The van der Waals surface area contributed by atoms with Gasteiger partial charge in [-0.15, -0.1) is 0 Å². The first-order valence-corrected chi connectivity index (χ1v) is 9.33. The number of aryl methyl sites for hydroxylation is 1. The van der Waals surface area contributed by atoms with Crippen LogP contribution in [0.2, 0.25) is 0 Å².